The summed E-state index contributed by atoms with van der Waals surface area (Å²) in [5.74, 6) is 1.18. The average Bonchev–Trinajstić information content (AvgIpc) is 3.44. The van der Waals surface area contributed by atoms with Crippen molar-refractivity contribution in [1.82, 2.24) is 24.8 Å². The van der Waals surface area contributed by atoms with Crippen molar-refractivity contribution in [1.29, 1.82) is 0 Å². The number of hydrogen-bond acceptors (Lipinski definition) is 7. The molecule has 9 nitrogen and oxygen atoms in total. The van der Waals surface area contributed by atoms with Crippen molar-refractivity contribution >= 4 is 28.9 Å². The SMILES string of the molecule is Cc1ccc(C2(CO)CCN(c3cccn4nc(Nc5ccc(C(=O)NCCN6CCCC(C)C6)cc5)nc34)CC2)cc1. The van der Waals surface area contributed by atoms with Gasteiger partial charge in [-0.2, -0.15) is 4.98 Å². The van der Waals surface area contributed by atoms with E-state index >= 15 is 0 Å². The largest absolute Gasteiger partial charge is 0.395 e. The highest BCUT2D eigenvalue weighted by molar-refractivity contribution is 5.94. The molecule has 1 unspecified atom stereocenters. The molecule has 2 aliphatic heterocycles. The minimum absolute atomic E-state index is 0.0544. The summed E-state index contributed by atoms with van der Waals surface area (Å²) in [4.78, 5) is 22.3. The van der Waals surface area contributed by atoms with Crippen LogP contribution < -0.4 is 15.5 Å². The van der Waals surface area contributed by atoms with Gasteiger partial charge in [-0.1, -0.05) is 36.8 Å². The van der Waals surface area contributed by atoms with E-state index in [1.54, 1.807) is 4.52 Å². The molecule has 0 radical (unpaired) electrons. The normalized spacial score (nSPS) is 19.0. The van der Waals surface area contributed by atoms with Crippen molar-refractivity contribution in [3.63, 3.8) is 0 Å². The fourth-order valence-corrected chi connectivity index (χ4v) is 6.57. The highest BCUT2D eigenvalue weighted by Crippen LogP contribution is 2.37. The molecule has 3 N–H and O–H groups in total. The van der Waals surface area contributed by atoms with Gasteiger partial charge in [-0.25, -0.2) is 4.52 Å². The van der Waals surface area contributed by atoms with E-state index in [1.165, 1.54) is 24.0 Å². The molecular weight excluding hydrogens is 538 g/mol. The molecule has 43 heavy (non-hydrogen) atoms. The maximum absolute atomic E-state index is 12.7. The number of amides is 1. The summed E-state index contributed by atoms with van der Waals surface area (Å²) in [5.41, 5.74) is 5.50. The van der Waals surface area contributed by atoms with Gasteiger partial charge in [0.05, 0.1) is 12.3 Å². The van der Waals surface area contributed by atoms with Crippen LogP contribution in [-0.4, -0.2) is 76.4 Å². The van der Waals surface area contributed by atoms with Crippen LogP contribution in [0.25, 0.3) is 5.65 Å². The Hall–Kier alpha value is -3.95. The Morgan fingerprint density at radius 2 is 1.81 bits per heavy atom. The summed E-state index contributed by atoms with van der Waals surface area (Å²) < 4.78 is 1.80. The van der Waals surface area contributed by atoms with Gasteiger partial charge in [-0.05, 0) is 87.0 Å². The van der Waals surface area contributed by atoms with Crippen LogP contribution in [0.3, 0.4) is 0 Å². The van der Waals surface area contributed by atoms with Crippen molar-refractivity contribution in [2.45, 2.75) is 44.9 Å². The maximum Gasteiger partial charge on any atom is 0.251 e. The van der Waals surface area contributed by atoms with Crippen LogP contribution in [-0.2, 0) is 5.41 Å². The van der Waals surface area contributed by atoms with Crippen LogP contribution in [0, 0.1) is 12.8 Å². The molecule has 1 amide bonds. The Morgan fingerprint density at radius 3 is 2.53 bits per heavy atom. The number of aliphatic hydroxyl groups is 1. The lowest BCUT2D eigenvalue weighted by molar-refractivity contribution is 0.0944. The Bertz CT molecular complexity index is 1520. The lowest BCUT2D eigenvalue weighted by Gasteiger charge is -2.42. The first kappa shape index (κ1) is 29.1. The fourth-order valence-electron chi connectivity index (χ4n) is 6.57. The minimum Gasteiger partial charge on any atom is -0.395 e. The zero-order chi connectivity index (χ0) is 29.8. The van der Waals surface area contributed by atoms with Crippen molar-refractivity contribution in [2.75, 3.05) is 56.1 Å². The van der Waals surface area contributed by atoms with Crippen molar-refractivity contribution in [3.8, 4) is 0 Å². The summed E-state index contributed by atoms with van der Waals surface area (Å²) in [5, 5.41) is 21.4. The Labute approximate surface area is 253 Å². The Morgan fingerprint density at radius 1 is 1.05 bits per heavy atom. The van der Waals surface area contributed by atoms with Gasteiger partial charge in [-0.15, -0.1) is 5.10 Å². The number of aliphatic hydroxyl groups excluding tert-OH is 1. The first-order chi connectivity index (χ1) is 20.9. The summed E-state index contributed by atoms with van der Waals surface area (Å²) in [7, 11) is 0. The number of likely N-dealkylation sites (tertiary alicyclic amines) is 1. The molecular formula is C34H43N7O2. The number of aryl methyl sites for hydroxylation is 1. The number of piperidine rings is 2. The molecule has 0 spiro atoms. The predicted molar refractivity (Wildman–Crippen MR) is 171 cm³/mol. The second kappa shape index (κ2) is 12.7. The summed E-state index contributed by atoms with van der Waals surface area (Å²) in [6, 6.07) is 20.1. The molecule has 9 heteroatoms. The molecule has 6 rings (SSSR count). The molecule has 2 aliphatic rings. The van der Waals surface area contributed by atoms with Crippen molar-refractivity contribution in [2.24, 2.45) is 5.92 Å². The van der Waals surface area contributed by atoms with Crippen LogP contribution >= 0.6 is 0 Å². The number of rotatable bonds is 9. The number of benzene rings is 2. The maximum atomic E-state index is 12.7. The van der Waals surface area contributed by atoms with Gasteiger partial charge >= 0.3 is 0 Å². The third-order valence-electron chi connectivity index (χ3n) is 9.23. The van der Waals surface area contributed by atoms with E-state index in [2.05, 4.69) is 69.7 Å². The molecule has 4 heterocycles. The molecule has 2 aromatic heterocycles. The molecule has 2 aromatic carbocycles. The van der Waals surface area contributed by atoms with E-state index in [-0.39, 0.29) is 17.9 Å². The zero-order valence-corrected chi connectivity index (χ0v) is 25.3. The monoisotopic (exact) mass is 581 g/mol. The zero-order valence-electron chi connectivity index (χ0n) is 25.3. The summed E-state index contributed by atoms with van der Waals surface area (Å²) >= 11 is 0. The molecule has 0 saturated carbocycles. The van der Waals surface area contributed by atoms with Gasteiger partial charge in [0.15, 0.2) is 5.65 Å². The molecule has 0 aliphatic carbocycles. The number of pyridine rings is 1. The predicted octanol–water partition coefficient (Wildman–Crippen LogP) is 4.77. The fraction of sp³-hybridized carbons (Fsp3) is 0.441. The van der Waals surface area contributed by atoms with Crippen LogP contribution in [0.5, 0.6) is 0 Å². The smallest absolute Gasteiger partial charge is 0.251 e. The van der Waals surface area contributed by atoms with E-state index in [0.717, 1.165) is 68.5 Å². The number of nitrogens with zero attached hydrogens (tertiary/aromatic N) is 5. The topological polar surface area (TPSA) is 98.0 Å². The van der Waals surface area contributed by atoms with Crippen LogP contribution in [0.4, 0.5) is 17.3 Å². The standard InChI is InChI=1S/C34H43N7O2/c1-25-7-11-28(12-8-25)34(24-42)15-20-40(21-16-34)30-6-4-19-41-31(30)37-33(38-41)36-29-13-9-27(10-14-29)32(43)35-17-22-39-18-3-5-26(2)23-39/h4,6-14,19,26,42H,3,5,15-18,20-24H2,1-2H3,(H,35,43)(H,36,38). The van der Waals surface area contributed by atoms with Crippen molar-refractivity contribution in [3.05, 3.63) is 83.6 Å². The van der Waals surface area contributed by atoms with Crippen LogP contribution in [0.15, 0.2) is 66.9 Å². The van der Waals surface area contributed by atoms with Gasteiger partial charge in [0.25, 0.3) is 5.91 Å². The average molecular weight is 582 g/mol. The van der Waals surface area contributed by atoms with Gasteiger partial charge in [0, 0.05) is 55.6 Å². The Kier molecular flexibility index (Phi) is 8.63. The molecule has 2 saturated heterocycles. The molecule has 226 valence electrons. The van der Waals surface area contributed by atoms with Gasteiger partial charge < -0.3 is 25.5 Å². The third kappa shape index (κ3) is 6.53. The molecule has 4 aromatic rings. The summed E-state index contributed by atoms with van der Waals surface area (Å²) in [6.07, 6.45) is 6.18. The van der Waals surface area contributed by atoms with Crippen LogP contribution in [0.2, 0.25) is 0 Å². The first-order valence-electron chi connectivity index (χ1n) is 15.6. The number of anilines is 3. The van der Waals surface area contributed by atoms with Gasteiger partial charge in [0.1, 0.15) is 0 Å². The quantitative estimate of drug-likeness (QED) is 0.262. The minimum atomic E-state index is -0.218. The van der Waals surface area contributed by atoms with E-state index in [4.69, 9.17) is 4.98 Å². The second-order valence-electron chi connectivity index (χ2n) is 12.4. The van der Waals surface area contributed by atoms with E-state index in [9.17, 15) is 9.90 Å². The third-order valence-corrected chi connectivity index (χ3v) is 9.23. The van der Waals surface area contributed by atoms with Gasteiger partial charge in [0.2, 0.25) is 5.95 Å². The molecule has 1 atom stereocenters. The number of carbonyl (C=O) groups excluding carboxylic acids is 1. The number of nitrogens with one attached hydrogen (secondary N) is 2. The molecule has 0 bridgehead atoms. The van der Waals surface area contributed by atoms with E-state index in [1.807, 2.05) is 36.5 Å². The molecule has 2 fully saturated rings. The van der Waals surface area contributed by atoms with Crippen LogP contribution in [0.1, 0.15) is 54.1 Å². The lowest BCUT2D eigenvalue weighted by atomic mass is 9.73. The first-order valence-corrected chi connectivity index (χ1v) is 15.6. The number of hydrogen-bond donors (Lipinski definition) is 3. The highest BCUT2D eigenvalue weighted by atomic mass is 16.3. The van der Waals surface area contributed by atoms with Crippen molar-refractivity contribution < 1.29 is 9.90 Å². The van der Waals surface area contributed by atoms with E-state index < -0.39 is 0 Å². The van der Waals surface area contributed by atoms with E-state index in [0.29, 0.717) is 18.1 Å². The highest BCUT2D eigenvalue weighted by Gasteiger charge is 2.36. The lowest BCUT2D eigenvalue weighted by Crippen LogP contribution is -2.45. The summed E-state index contributed by atoms with van der Waals surface area (Å²) in [6.45, 7) is 9.96. The number of carbonyl (C=O) groups is 1. The number of aromatic nitrogens is 3. The second-order valence-corrected chi connectivity index (χ2v) is 12.4. The Balaban J connectivity index is 1.07. The number of fused-ring (bicyclic) bond motifs is 1. The van der Waals surface area contributed by atoms with Gasteiger partial charge in [-0.3, -0.25) is 4.79 Å².